The highest BCUT2D eigenvalue weighted by atomic mass is 32.2. The third kappa shape index (κ3) is 3.52. The highest BCUT2D eigenvalue weighted by molar-refractivity contribution is 8.06. The van der Waals surface area contributed by atoms with Crippen LogP contribution in [0.3, 0.4) is 0 Å². The predicted octanol–water partition coefficient (Wildman–Crippen LogP) is 2.81. The zero-order valence-corrected chi connectivity index (χ0v) is 13.3. The number of benzene rings is 1. The number of rotatable bonds is 5. The topological polar surface area (TPSA) is 30.5 Å². The average Bonchev–Trinajstić information content (AvgIpc) is 2.49. The summed E-state index contributed by atoms with van der Waals surface area (Å²) in [7, 11) is 5.42. The molecule has 106 valence electrons. The number of thioether (sulfide) groups is 2. The average molecular weight is 299 g/mol. The Morgan fingerprint density at radius 2 is 2.11 bits per heavy atom. The SMILES string of the molecule is CNC(c1ccc(OC)cc1OC)C1CSCCS1. The molecule has 19 heavy (non-hydrogen) atoms. The lowest BCUT2D eigenvalue weighted by Crippen LogP contribution is -2.31. The van der Waals surface area contributed by atoms with Crippen molar-refractivity contribution in [1.29, 1.82) is 0 Å². The lowest BCUT2D eigenvalue weighted by Gasteiger charge is -2.30. The summed E-state index contributed by atoms with van der Waals surface area (Å²) in [5.41, 5.74) is 1.21. The zero-order chi connectivity index (χ0) is 13.7. The summed E-state index contributed by atoms with van der Waals surface area (Å²) in [5, 5.41) is 4.03. The molecule has 3 nitrogen and oxygen atoms in total. The second kappa shape index (κ2) is 7.31. The molecule has 0 amide bonds. The monoisotopic (exact) mass is 299 g/mol. The van der Waals surface area contributed by atoms with E-state index < -0.39 is 0 Å². The molecule has 0 bridgehead atoms. The summed E-state index contributed by atoms with van der Waals surface area (Å²) < 4.78 is 10.8. The van der Waals surface area contributed by atoms with E-state index in [1.54, 1.807) is 14.2 Å². The van der Waals surface area contributed by atoms with Gasteiger partial charge in [0.15, 0.2) is 0 Å². The van der Waals surface area contributed by atoms with E-state index in [1.165, 1.54) is 22.8 Å². The van der Waals surface area contributed by atoms with Gasteiger partial charge < -0.3 is 14.8 Å². The second-order valence-corrected chi connectivity index (χ2v) is 6.86. The minimum absolute atomic E-state index is 0.318. The van der Waals surface area contributed by atoms with Crippen LogP contribution in [0.4, 0.5) is 0 Å². The number of hydrogen-bond donors (Lipinski definition) is 1. The van der Waals surface area contributed by atoms with Crippen LogP contribution >= 0.6 is 23.5 Å². The van der Waals surface area contributed by atoms with Crippen molar-refractivity contribution in [3.63, 3.8) is 0 Å². The van der Waals surface area contributed by atoms with Gasteiger partial charge in [0, 0.05) is 40.2 Å². The molecule has 0 aliphatic carbocycles. The van der Waals surface area contributed by atoms with Gasteiger partial charge in [-0.2, -0.15) is 23.5 Å². The largest absolute Gasteiger partial charge is 0.497 e. The van der Waals surface area contributed by atoms with Crippen molar-refractivity contribution >= 4 is 23.5 Å². The summed E-state index contributed by atoms with van der Waals surface area (Å²) in [6.45, 7) is 0. The van der Waals surface area contributed by atoms with Crippen molar-refractivity contribution in [2.24, 2.45) is 0 Å². The molecule has 1 fully saturated rings. The van der Waals surface area contributed by atoms with Gasteiger partial charge in [-0.05, 0) is 13.1 Å². The van der Waals surface area contributed by atoms with E-state index in [9.17, 15) is 0 Å². The molecule has 2 rings (SSSR count). The third-order valence-corrected chi connectivity index (χ3v) is 6.16. The predicted molar refractivity (Wildman–Crippen MR) is 84.9 cm³/mol. The van der Waals surface area contributed by atoms with Gasteiger partial charge in [-0.15, -0.1) is 0 Å². The first-order valence-corrected chi connectivity index (χ1v) is 8.59. The normalized spacial score (nSPS) is 20.9. The molecule has 1 aromatic carbocycles. The van der Waals surface area contributed by atoms with Crippen LogP contribution < -0.4 is 14.8 Å². The van der Waals surface area contributed by atoms with Gasteiger partial charge in [0.2, 0.25) is 0 Å². The molecule has 1 aliphatic heterocycles. The molecule has 5 heteroatoms. The van der Waals surface area contributed by atoms with E-state index in [0.717, 1.165) is 11.5 Å². The van der Waals surface area contributed by atoms with Crippen LogP contribution in [0.1, 0.15) is 11.6 Å². The van der Waals surface area contributed by atoms with Gasteiger partial charge in [-0.3, -0.25) is 0 Å². The van der Waals surface area contributed by atoms with Gasteiger partial charge >= 0.3 is 0 Å². The summed E-state index contributed by atoms with van der Waals surface area (Å²) >= 11 is 4.09. The summed E-state index contributed by atoms with van der Waals surface area (Å²) in [5.74, 6) is 5.41. The van der Waals surface area contributed by atoms with Crippen molar-refractivity contribution in [3.8, 4) is 11.5 Å². The maximum absolute atomic E-state index is 5.53. The first kappa shape index (κ1) is 14.9. The minimum atomic E-state index is 0.318. The van der Waals surface area contributed by atoms with Crippen molar-refractivity contribution in [3.05, 3.63) is 23.8 Å². The minimum Gasteiger partial charge on any atom is -0.497 e. The lowest BCUT2D eigenvalue weighted by atomic mass is 10.0. The number of nitrogens with one attached hydrogen (secondary N) is 1. The van der Waals surface area contributed by atoms with Gasteiger partial charge in [0.1, 0.15) is 11.5 Å². The van der Waals surface area contributed by atoms with Gasteiger partial charge in [-0.1, -0.05) is 6.07 Å². The second-order valence-electron chi connectivity index (χ2n) is 4.36. The summed E-state index contributed by atoms with van der Waals surface area (Å²) in [6.07, 6.45) is 0. The Morgan fingerprint density at radius 1 is 1.26 bits per heavy atom. The van der Waals surface area contributed by atoms with Crippen LogP contribution in [0.15, 0.2) is 18.2 Å². The highest BCUT2D eigenvalue weighted by Gasteiger charge is 2.27. The van der Waals surface area contributed by atoms with Crippen LogP contribution in [0, 0.1) is 0 Å². The molecule has 2 atom stereocenters. The van der Waals surface area contributed by atoms with E-state index in [0.29, 0.717) is 11.3 Å². The van der Waals surface area contributed by atoms with Crippen LogP contribution in [-0.4, -0.2) is 43.8 Å². The Kier molecular flexibility index (Phi) is 5.73. The van der Waals surface area contributed by atoms with Crippen molar-refractivity contribution < 1.29 is 9.47 Å². The molecule has 0 radical (unpaired) electrons. The fraction of sp³-hybridized carbons (Fsp3) is 0.571. The summed E-state index contributed by atoms with van der Waals surface area (Å²) in [6, 6.07) is 6.39. The maximum atomic E-state index is 5.53. The first-order valence-electron chi connectivity index (χ1n) is 6.38. The molecule has 0 aromatic heterocycles. The zero-order valence-electron chi connectivity index (χ0n) is 11.6. The number of methoxy groups -OCH3 is 2. The Labute approximate surface area is 123 Å². The maximum Gasteiger partial charge on any atom is 0.127 e. The Balaban J connectivity index is 2.26. The molecule has 1 aromatic rings. The molecule has 1 N–H and O–H groups in total. The van der Waals surface area contributed by atoms with Crippen LogP contribution in [0.2, 0.25) is 0 Å². The Bertz CT molecular complexity index is 408. The van der Waals surface area contributed by atoms with E-state index in [4.69, 9.17) is 9.47 Å². The first-order chi connectivity index (χ1) is 9.30. The van der Waals surface area contributed by atoms with Crippen LogP contribution in [0.25, 0.3) is 0 Å². The van der Waals surface area contributed by atoms with Crippen molar-refractivity contribution in [2.45, 2.75) is 11.3 Å². The molecule has 0 saturated carbocycles. The lowest BCUT2D eigenvalue weighted by molar-refractivity contribution is 0.385. The van der Waals surface area contributed by atoms with E-state index in [2.05, 4.69) is 11.4 Å². The highest BCUT2D eigenvalue weighted by Crippen LogP contribution is 2.38. The number of hydrogen-bond acceptors (Lipinski definition) is 5. The van der Waals surface area contributed by atoms with E-state index in [1.807, 2.05) is 42.7 Å². The summed E-state index contributed by atoms with van der Waals surface area (Å²) in [4.78, 5) is 0. The van der Waals surface area contributed by atoms with Crippen molar-refractivity contribution in [2.75, 3.05) is 38.5 Å². The number of ether oxygens (including phenoxy) is 2. The van der Waals surface area contributed by atoms with Crippen molar-refractivity contribution in [1.82, 2.24) is 5.32 Å². The quantitative estimate of drug-likeness (QED) is 0.903. The van der Waals surface area contributed by atoms with Gasteiger partial charge in [-0.25, -0.2) is 0 Å². The van der Waals surface area contributed by atoms with E-state index in [-0.39, 0.29) is 0 Å². The molecular weight excluding hydrogens is 278 g/mol. The fourth-order valence-corrected chi connectivity index (χ4v) is 5.21. The Morgan fingerprint density at radius 3 is 2.68 bits per heavy atom. The standard InChI is InChI=1S/C14H21NO2S2/c1-15-14(13-9-18-6-7-19-13)11-5-4-10(16-2)8-12(11)17-3/h4-5,8,13-15H,6-7,9H2,1-3H3. The molecule has 1 aliphatic rings. The van der Waals surface area contributed by atoms with Gasteiger partial charge in [0.25, 0.3) is 0 Å². The van der Waals surface area contributed by atoms with E-state index >= 15 is 0 Å². The van der Waals surface area contributed by atoms with Crippen LogP contribution in [0.5, 0.6) is 11.5 Å². The molecule has 0 spiro atoms. The smallest absolute Gasteiger partial charge is 0.127 e. The molecule has 2 unspecified atom stereocenters. The van der Waals surface area contributed by atoms with Crippen LogP contribution in [-0.2, 0) is 0 Å². The van der Waals surface area contributed by atoms with Gasteiger partial charge in [0.05, 0.1) is 14.2 Å². The molecule has 1 saturated heterocycles. The fourth-order valence-electron chi connectivity index (χ4n) is 2.32. The molecule has 1 heterocycles. The third-order valence-electron chi connectivity index (χ3n) is 3.30. The molecular formula is C14H21NO2S2. The Hall–Kier alpha value is -0.520.